The van der Waals surface area contributed by atoms with Gasteiger partial charge in [-0.3, -0.25) is 4.79 Å². The van der Waals surface area contributed by atoms with E-state index >= 15 is 0 Å². The van der Waals surface area contributed by atoms with E-state index in [0.717, 1.165) is 34.8 Å². The highest BCUT2D eigenvalue weighted by atomic mass is 32.1. The highest BCUT2D eigenvalue weighted by molar-refractivity contribution is 7.20. The molecular formula is C18H19N5OS. The zero-order valence-corrected chi connectivity index (χ0v) is 14.8. The molecule has 0 radical (unpaired) electrons. The quantitative estimate of drug-likeness (QED) is 0.781. The lowest BCUT2D eigenvalue weighted by Gasteiger charge is -2.17. The van der Waals surface area contributed by atoms with Gasteiger partial charge >= 0.3 is 0 Å². The van der Waals surface area contributed by atoms with Crippen LogP contribution in [0.3, 0.4) is 0 Å². The average molecular weight is 353 g/mol. The molecular weight excluding hydrogens is 334 g/mol. The molecule has 0 bridgehead atoms. The predicted molar refractivity (Wildman–Crippen MR) is 99.0 cm³/mol. The smallest absolute Gasteiger partial charge is 0.280 e. The van der Waals surface area contributed by atoms with Gasteiger partial charge in [0.1, 0.15) is 11.6 Å². The Kier molecular flexibility index (Phi) is 4.31. The van der Waals surface area contributed by atoms with Gasteiger partial charge in [-0.05, 0) is 31.9 Å². The van der Waals surface area contributed by atoms with Crippen LogP contribution in [0, 0.1) is 6.92 Å². The van der Waals surface area contributed by atoms with E-state index in [0.29, 0.717) is 17.4 Å². The van der Waals surface area contributed by atoms with Gasteiger partial charge in [-0.1, -0.05) is 12.1 Å². The molecule has 1 amide bonds. The first-order valence-electron chi connectivity index (χ1n) is 8.42. The van der Waals surface area contributed by atoms with Crippen molar-refractivity contribution in [3.63, 3.8) is 0 Å². The highest BCUT2D eigenvalue weighted by Gasteiger charge is 2.16. The molecule has 128 valence electrons. The predicted octanol–water partition coefficient (Wildman–Crippen LogP) is 2.92. The molecule has 1 aliphatic rings. The molecule has 0 saturated carbocycles. The lowest BCUT2D eigenvalue weighted by molar-refractivity contribution is 0.0949. The van der Waals surface area contributed by atoms with Crippen molar-refractivity contribution in [2.75, 3.05) is 18.0 Å². The second-order valence-electron chi connectivity index (χ2n) is 6.15. The number of fused-ring (bicyclic) bond motifs is 1. The maximum Gasteiger partial charge on any atom is 0.280 e. The normalized spacial score (nSPS) is 14.2. The molecule has 0 unspecified atom stereocenters. The van der Waals surface area contributed by atoms with Gasteiger partial charge in [0.15, 0.2) is 5.01 Å². The van der Waals surface area contributed by atoms with Crippen LogP contribution in [0.1, 0.15) is 34.2 Å². The summed E-state index contributed by atoms with van der Waals surface area (Å²) in [6.45, 7) is 4.33. The number of benzene rings is 1. The Morgan fingerprint density at radius 2 is 2.00 bits per heavy atom. The Balaban J connectivity index is 1.47. The Morgan fingerprint density at radius 3 is 2.80 bits per heavy atom. The number of aromatic nitrogens is 3. The van der Waals surface area contributed by atoms with Gasteiger partial charge in [0, 0.05) is 24.8 Å². The number of anilines is 1. The first kappa shape index (κ1) is 16.0. The van der Waals surface area contributed by atoms with Crippen LogP contribution < -0.4 is 10.2 Å². The minimum Gasteiger partial charge on any atom is -0.357 e. The second-order valence-corrected chi connectivity index (χ2v) is 7.18. The Morgan fingerprint density at radius 1 is 1.20 bits per heavy atom. The van der Waals surface area contributed by atoms with E-state index in [2.05, 4.69) is 25.2 Å². The van der Waals surface area contributed by atoms with Crippen LogP contribution in [0.15, 0.2) is 30.3 Å². The summed E-state index contributed by atoms with van der Waals surface area (Å²) in [5.74, 6) is 1.40. The molecule has 1 saturated heterocycles. The van der Waals surface area contributed by atoms with Crippen molar-refractivity contribution in [1.82, 2.24) is 20.3 Å². The Bertz CT molecular complexity index is 884. The number of aryl methyl sites for hydroxylation is 1. The molecule has 7 heteroatoms. The van der Waals surface area contributed by atoms with Crippen molar-refractivity contribution in [1.29, 1.82) is 0 Å². The van der Waals surface area contributed by atoms with Crippen LogP contribution >= 0.6 is 11.3 Å². The molecule has 0 aliphatic carbocycles. The van der Waals surface area contributed by atoms with Crippen molar-refractivity contribution < 1.29 is 4.79 Å². The van der Waals surface area contributed by atoms with E-state index in [4.69, 9.17) is 0 Å². The van der Waals surface area contributed by atoms with Gasteiger partial charge in [0.05, 0.1) is 16.8 Å². The number of para-hydroxylation sites is 1. The molecule has 6 nitrogen and oxygen atoms in total. The molecule has 1 N–H and O–H groups in total. The number of carbonyl (C=O) groups excluding carboxylic acids is 1. The molecule has 4 rings (SSSR count). The van der Waals surface area contributed by atoms with E-state index in [1.807, 2.05) is 37.3 Å². The number of nitrogens with one attached hydrogen (secondary N) is 1. The fourth-order valence-electron chi connectivity index (χ4n) is 3.00. The van der Waals surface area contributed by atoms with Gasteiger partial charge in [-0.25, -0.2) is 15.0 Å². The third-order valence-electron chi connectivity index (χ3n) is 4.21. The summed E-state index contributed by atoms with van der Waals surface area (Å²) in [6, 6.07) is 9.75. The summed E-state index contributed by atoms with van der Waals surface area (Å²) in [6.07, 6.45) is 2.40. The number of amides is 1. The van der Waals surface area contributed by atoms with Crippen molar-refractivity contribution >= 4 is 33.3 Å². The van der Waals surface area contributed by atoms with Gasteiger partial charge in [-0.15, -0.1) is 11.3 Å². The number of carbonyl (C=O) groups is 1. The Hall–Kier alpha value is -2.54. The first-order chi connectivity index (χ1) is 12.2. The maximum atomic E-state index is 12.4. The van der Waals surface area contributed by atoms with Crippen LogP contribution in [0.2, 0.25) is 0 Å². The zero-order chi connectivity index (χ0) is 17.2. The van der Waals surface area contributed by atoms with E-state index in [1.165, 1.54) is 24.2 Å². The highest BCUT2D eigenvalue weighted by Crippen LogP contribution is 2.21. The minimum atomic E-state index is -0.186. The largest absolute Gasteiger partial charge is 0.357 e. The molecule has 1 aromatic carbocycles. The molecule has 3 heterocycles. The van der Waals surface area contributed by atoms with E-state index in [9.17, 15) is 4.79 Å². The third kappa shape index (κ3) is 3.46. The van der Waals surface area contributed by atoms with Gasteiger partial charge < -0.3 is 10.2 Å². The van der Waals surface area contributed by atoms with Crippen molar-refractivity contribution in [3.8, 4) is 0 Å². The maximum absolute atomic E-state index is 12.4. The van der Waals surface area contributed by atoms with E-state index in [-0.39, 0.29) is 5.91 Å². The third-order valence-corrected chi connectivity index (χ3v) is 5.25. The fourth-order valence-corrected chi connectivity index (χ4v) is 3.89. The van der Waals surface area contributed by atoms with E-state index in [1.54, 1.807) is 0 Å². The van der Waals surface area contributed by atoms with Gasteiger partial charge in [-0.2, -0.15) is 0 Å². The molecule has 0 spiro atoms. The summed E-state index contributed by atoms with van der Waals surface area (Å²) in [4.78, 5) is 28.1. The number of nitrogens with zero attached hydrogens (tertiary/aromatic N) is 4. The lowest BCUT2D eigenvalue weighted by Crippen LogP contribution is -2.25. The lowest BCUT2D eigenvalue weighted by atomic mass is 10.3. The second kappa shape index (κ2) is 6.76. The molecule has 1 fully saturated rings. The van der Waals surface area contributed by atoms with Crippen molar-refractivity contribution in [3.05, 3.63) is 46.9 Å². The molecule has 1 aliphatic heterocycles. The van der Waals surface area contributed by atoms with Crippen LogP contribution in [0.4, 0.5) is 5.82 Å². The SMILES string of the molecule is Cc1cc(N2CCCC2)nc(CNC(=O)c2nc3ccccc3s2)n1. The van der Waals surface area contributed by atoms with Crippen molar-refractivity contribution in [2.45, 2.75) is 26.3 Å². The summed E-state index contributed by atoms with van der Waals surface area (Å²) < 4.78 is 1.01. The molecule has 3 aromatic rings. The van der Waals surface area contributed by atoms with Crippen molar-refractivity contribution in [2.24, 2.45) is 0 Å². The summed E-state index contributed by atoms with van der Waals surface area (Å²) in [5.41, 5.74) is 1.77. The van der Waals surface area contributed by atoms with Crippen LogP contribution in [-0.2, 0) is 6.54 Å². The summed E-state index contributed by atoms with van der Waals surface area (Å²) >= 11 is 1.40. The summed E-state index contributed by atoms with van der Waals surface area (Å²) in [7, 11) is 0. The minimum absolute atomic E-state index is 0.186. The van der Waals surface area contributed by atoms with Crippen LogP contribution in [0.25, 0.3) is 10.2 Å². The zero-order valence-electron chi connectivity index (χ0n) is 14.0. The standard InChI is InChI=1S/C18H19N5OS/c1-12-10-16(23-8-4-5-9-23)22-15(20-12)11-19-17(24)18-21-13-6-2-3-7-14(13)25-18/h2-3,6-7,10H,4-5,8-9,11H2,1H3,(H,19,24). The Labute approximate surface area is 149 Å². The van der Waals surface area contributed by atoms with Crippen LogP contribution in [0.5, 0.6) is 0 Å². The topological polar surface area (TPSA) is 71.0 Å². The number of hydrogen-bond acceptors (Lipinski definition) is 6. The number of hydrogen-bond donors (Lipinski definition) is 1. The van der Waals surface area contributed by atoms with Gasteiger partial charge in [0.2, 0.25) is 0 Å². The number of thiazole rings is 1. The molecule has 2 aromatic heterocycles. The fraction of sp³-hybridized carbons (Fsp3) is 0.333. The first-order valence-corrected chi connectivity index (χ1v) is 9.24. The van der Waals surface area contributed by atoms with E-state index < -0.39 is 0 Å². The van der Waals surface area contributed by atoms with Crippen LogP contribution in [-0.4, -0.2) is 33.9 Å². The average Bonchev–Trinajstić information content (AvgIpc) is 3.28. The molecule has 25 heavy (non-hydrogen) atoms. The number of rotatable bonds is 4. The monoisotopic (exact) mass is 353 g/mol. The molecule has 0 atom stereocenters. The summed E-state index contributed by atoms with van der Waals surface area (Å²) in [5, 5.41) is 3.35. The van der Waals surface area contributed by atoms with Gasteiger partial charge in [0.25, 0.3) is 5.91 Å².